The number of nitrogens with one attached hydrogen (secondary N) is 2. The first-order valence-electron chi connectivity index (χ1n) is 11.3. The molecule has 1 saturated heterocycles. The molecule has 0 unspecified atom stereocenters. The molecular formula is C24H29N5O5. The first-order chi connectivity index (χ1) is 16.5. The summed E-state index contributed by atoms with van der Waals surface area (Å²) in [5.74, 6) is 0.0181. The summed E-state index contributed by atoms with van der Waals surface area (Å²) < 4.78 is 10.2. The second kappa shape index (κ2) is 10.1. The molecule has 2 aliphatic rings. The number of hydrogen-bond donors (Lipinski definition) is 2. The van der Waals surface area contributed by atoms with Crippen molar-refractivity contribution in [1.29, 1.82) is 0 Å². The van der Waals surface area contributed by atoms with Gasteiger partial charge < -0.3 is 25.0 Å². The van der Waals surface area contributed by atoms with Crippen LogP contribution in [0.5, 0.6) is 5.75 Å². The maximum absolute atomic E-state index is 12.8. The molecule has 2 fully saturated rings. The standard InChI is InChI=1S/C24H29N5O5/c1-33-18-3-4-20(19(11-18)22(31)34-2)29-9-5-16(6-10-29)12-27-23(32)24(7-8-24)28-21(30)17-13-25-15-26-14-17/h3-4,11,13-16H,5-10,12H2,1-2H3,(H,27,32)(H,28,30). The van der Waals surface area contributed by atoms with Gasteiger partial charge in [0.2, 0.25) is 5.91 Å². The molecular weight excluding hydrogens is 438 g/mol. The van der Waals surface area contributed by atoms with Crippen LogP contribution in [0, 0.1) is 5.92 Å². The number of hydrogen-bond acceptors (Lipinski definition) is 8. The van der Waals surface area contributed by atoms with E-state index in [1.807, 2.05) is 12.1 Å². The topological polar surface area (TPSA) is 123 Å². The minimum absolute atomic E-state index is 0.150. The number of esters is 1. The predicted octanol–water partition coefficient (Wildman–Crippen LogP) is 1.57. The lowest BCUT2D eigenvalue weighted by atomic mass is 9.95. The van der Waals surface area contributed by atoms with Gasteiger partial charge in [0.1, 0.15) is 17.6 Å². The Morgan fingerprint density at radius 2 is 1.82 bits per heavy atom. The highest BCUT2D eigenvalue weighted by molar-refractivity contribution is 6.00. The second-order valence-corrected chi connectivity index (χ2v) is 8.68. The Hall–Kier alpha value is -3.69. The molecule has 1 aliphatic carbocycles. The van der Waals surface area contributed by atoms with Crippen molar-refractivity contribution in [2.75, 3.05) is 38.8 Å². The van der Waals surface area contributed by atoms with E-state index in [0.29, 0.717) is 42.2 Å². The molecule has 2 amide bonds. The Labute approximate surface area is 198 Å². The summed E-state index contributed by atoms with van der Waals surface area (Å²) in [5.41, 5.74) is 0.786. The predicted molar refractivity (Wildman–Crippen MR) is 124 cm³/mol. The number of methoxy groups -OCH3 is 2. The third kappa shape index (κ3) is 5.11. The molecule has 1 aromatic carbocycles. The van der Waals surface area contributed by atoms with E-state index in [2.05, 4.69) is 25.5 Å². The maximum Gasteiger partial charge on any atom is 0.340 e. The second-order valence-electron chi connectivity index (χ2n) is 8.68. The number of ether oxygens (including phenoxy) is 2. The zero-order valence-corrected chi connectivity index (χ0v) is 19.4. The van der Waals surface area contributed by atoms with Crippen molar-refractivity contribution in [3.05, 3.63) is 48.0 Å². The van der Waals surface area contributed by atoms with Crippen LogP contribution in [0.1, 0.15) is 46.4 Å². The van der Waals surface area contributed by atoms with Crippen LogP contribution in [-0.2, 0) is 9.53 Å². The van der Waals surface area contributed by atoms with Gasteiger partial charge in [-0.1, -0.05) is 0 Å². The minimum Gasteiger partial charge on any atom is -0.497 e. The van der Waals surface area contributed by atoms with Gasteiger partial charge in [0.15, 0.2) is 0 Å². The highest BCUT2D eigenvalue weighted by atomic mass is 16.5. The van der Waals surface area contributed by atoms with Crippen molar-refractivity contribution in [2.24, 2.45) is 5.92 Å². The first kappa shape index (κ1) is 23.5. The summed E-state index contributed by atoms with van der Waals surface area (Å²) in [6.07, 6.45) is 7.18. The van der Waals surface area contributed by atoms with Crippen LogP contribution in [0.15, 0.2) is 36.9 Å². The van der Waals surface area contributed by atoms with Crippen LogP contribution in [0.4, 0.5) is 5.69 Å². The molecule has 0 spiro atoms. The Morgan fingerprint density at radius 1 is 1.12 bits per heavy atom. The lowest BCUT2D eigenvalue weighted by Gasteiger charge is -2.34. The van der Waals surface area contributed by atoms with E-state index < -0.39 is 11.5 Å². The molecule has 34 heavy (non-hydrogen) atoms. The molecule has 2 N–H and O–H groups in total. The summed E-state index contributed by atoms with van der Waals surface area (Å²) in [6, 6.07) is 5.40. The van der Waals surface area contributed by atoms with Crippen LogP contribution in [0.25, 0.3) is 0 Å². The number of carbonyl (C=O) groups excluding carboxylic acids is 3. The highest BCUT2D eigenvalue weighted by Crippen LogP contribution is 2.36. The summed E-state index contributed by atoms with van der Waals surface area (Å²) in [6.45, 7) is 2.06. The molecule has 0 atom stereocenters. The molecule has 2 aromatic rings. The minimum atomic E-state index is -0.841. The van der Waals surface area contributed by atoms with E-state index >= 15 is 0 Å². The van der Waals surface area contributed by atoms with Crippen molar-refractivity contribution in [2.45, 2.75) is 31.2 Å². The zero-order chi connectivity index (χ0) is 24.1. The Kier molecular flexibility index (Phi) is 6.95. The zero-order valence-electron chi connectivity index (χ0n) is 19.4. The van der Waals surface area contributed by atoms with Gasteiger partial charge in [-0.3, -0.25) is 9.59 Å². The normalized spacial score (nSPS) is 16.9. The lowest BCUT2D eigenvalue weighted by molar-refractivity contribution is -0.124. The molecule has 10 heteroatoms. The van der Waals surface area contributed by atoms with Gasteiger partial charge in [0, 0.05) is 32.0 Å². The SMILES string of the molecule is COC(=O)c1cc(OC)ccc1N1CCC(CNC(=O)C2(NC(=O)c3cncnc3)CC2)CC1. The molecule has 2 heterocycles. The average molecular weight is 468 g/mol. The van der Waals surface area contributed by atoms with E-state index in [9.17, 15) is 14.4 Å². The van der Waals surface area contributed by atoms with E-state index in [0.717, 1.165) is 31.6 Å². The van der Waals surface area contributed by atoms with Crippen LogP contribution in [0.3, 0.4) is 0 Å². The van der Waals surface area contributed by atoms with Gasteiger partial charge in [-0.2, -0.15) is 0 Å². The van der Waals surface area contributed by atoms with Gasteiger partial charge in [-0.05, 0) is 49.8 Å². The summed E-state index contributed by atoms with van der Waals surface area (Å²) in [4.78, 5) is 47.3. The quantitative estimate of drug-likeness (QED) is 0.561. The van der Waals surface area contributed by atoms with Crippen LogP contribution in [-0.4, -0.2) is 67.1 Å². The number of piperidine rings is 1. The molecule has 10 nitrogen and oxygen atoms in total. The van der Waals surface area contributed by atoms with Crippen molar-refractivity contribution in [3.8, 4) is 5.75 Å². The third-order valence-corrected chi connectivity index (χ3v) is 6.48. The van der Waals surface area contributed by atoms with Gasteiger partial charge in [-0.25, -0.2) is 14.8 Å². The summed E-state index contributed by atoms with van der Waals surface area (Å²) in [5, 5.41) is 5.86. The molecule has 1 aliphatic heterocycles. The van der Waals surface area contributed by atoms with Gasteiger partial charge in [0.25, 0.3) is 5.91 Å². The fraction of sp³-hybridized carbons (Fsp3) is 0.458. The molecule has 180 valence electrons. The summed E-state index contributed by atoms with van der Waals surface area (Å²) in [7, 11) is 2.92. The smallest absolute Gasteiger partial charge is 0.340 e. The lowest BCUT2D eigenvalue weighted by Crippen LogP contribution is -2.50. The van der Waals surface area contributed by atoms with Crippen LogP contribution < -0.4 is 20.3 Å². The van der Waals surface area contributed by atoms with E-state index in [-0.39, 0.29) is 11.8 Å². The van der Waals surface area contributed by atoms with Crippen molar-refractivity contribution in [1.82, 2.24) is 20.6 Å². The fourth-order valence-corrected chi connectivity index (χ4v) is 4.22. The first-order valence-corrected chi connectivity index (χ1v) is 11.3. The van der Waals surface area contributed by atoms with E-state index in [4.69, 9.17) is 9.47 Å². The van der Waals surface area contributed by atoms with Crippen LogP contribution in [0.2, 0.25) is 0 Å². The monoisotopic (exact) mass is 467 g/mol. The third-order valence-electron chi connectivity index (χ3n) is 6.48. The van der Waals surface area contributed by atoms with Gasteiger partial charge >= 0.3 is 5.97 Å². The Balaban J connectivity index is 1.29. The Morgan fingerprint density at radius 3 is 2.44 bits per heavy atom. The highest BCUT2D eigenvalue weighted by Gasteiger charge is 2.51. The average Bonchev–Trinajstić information content (AvgIpc) is 3.67. The van der Waals surface area contributed by atoms with Gasteiger partial charge in [-0.15, -0.1) is 0 Å². The maximum atomic E-state index is 12.8. The number of benzene rings is 1. The number of anilines is 1. The van der Waals surface area contributed by atoms with E-state index in [1.165, 1.54) is 25.8 Å². The largest absolute Gasteiger partial charge is 0.497 e. The Bertz CT molecular complexity index is 1050. The van der Waals surface area contributed by atoms with E-state index in [1.54, 1.807) is 13.2 Å². The molecule has 0 radical (unpaired) electrons. The number of amides is 2. The van der Waals surface area contributed by atoms with Crippen LogP contribution >= 0.6 is 0 Å². The molecule has 1 aromatic heterocycles. The number of carbonyl (C=O) groups is 3. The fourth-order valence-electron chi connectivity index (χ4n) is 4.22. The van der Waals surface area contributed by atoms with Crippen molar-refractivity contribution >= 4 is 23.5 Å². The number of rotatable bonds is 8. The van der Waals surface area contributed by atoms with Crippen molar-refractivity contribution < 1.29 is 23.9 Å². The molecule has 1 saturated carbocycles. The summed E-state index contributed by atoms with van der Waals surface area (Å²) >= 11 is 0. The molecule has 0 bridgehead atoms. The number of aromatic nitrogens is 2. The van der Waals surface area contributed by atoms with Gasteiger partial charge in [0.05, 0.1) is 31.0 Å². The molecule has 4 rings (SSSR count). The number of nitrogens with zero attached hydrogens (tertiary/aromatic N) is 3. The van der Waals surface area contributed by atoms with Crippen molar-refractivity contribution in [3.63, 3.8) is 0 Å².